The summed E-state index contributed by atoms with van der Waals surface area (Å²) in [5.41, 5.74) is 1.51. The summed E-state index contributed by atoms with van der Waals surface area (Å²) in [6, 6.07) is 0. The Bertz CT molecular complexity index is 248. The van der Waals surface area contributed by atoms with Crippen LogP contribution < -0.4 is 5.32 Å². The molecule has 2 rings (SSSR count). The lowest BCUT2D eigenvalue weighted by atomic mass is 9.87. The molecule has 0 bridgehead atoms. The van der Waals surface area contributed by atoms with Crippen LogP contribution in [0.4, 0.5) is 0 Å². The van der Waals surface area contributed by atoms with Gasteiger partial charge in [-0.05, 0) is 70.1 Å². The molecule has 2 aliphatic heterocycles. The summed E-state index contributed by atoms with van der Waals surface area (Å²) in [5, 5.41) is 3.46. The van der Waals surface area contributed by atoms with Gasteiger partial charge in [0, 0.05) is 6.54 Å². The van der Waals surface area contributed by atoms with Crippen LogP contribution >= 0.6 is 0 Å². The Labute approximate surface area is 113 Å². The Morgan fingerprint density at radius 1 is 1.17 bits per heavy atom. The van der Waals surface area contributed by atoms with Crippen LogP contribution in [-0.2, 0) is 0 Å². The van der Waals surface area contributed by atoms with Crippen LogP contribution in [0.3, 0.4) is 0 Å². The van der Waals surface area contributed by atoms with Crippen molar-refractivity contribution >= 4 is 0 Å². The highest BCUT2D eigenvalue weighted by molar-refractivity contribution is 5.02. The van der Waals surface area contributed by atoms with Crippen molar-refractivity contribution in [2.45, 2.75) is 45.4 Å². The minimum atomic E-state index is 0.814. The number of hydrogen-bond donors (Lipinski definition) is 1. The van der Waals surface area contributed by atoms with E-state index in [0.717, 1.165) is 11.8 Å². The SMILES string of the molecule is C=C(CCC)C1CCN(CC2CCNCC2)CC1. The predicted molar refractivity (Wildman–Crippen MR) is 78.8 cm³/mol. The van der Waals surface area contributed by atoms with Gasteiger partial charge in [-0.25, -0.2) is 0 Å². The zero-order valence-corrected chi connectivity index (χ0v) is 12.1. The Hall–Kier alpha value is -0.340. The maximum Gasteiger partial charge on any atom is 0.00106 e. The van der Waals surface area contributed by atoms with E-state index in [1.54, 1.807) is 0 Å². The van der Waals surface area contributed by atoms with Gasteiger partial charge in [-0.1, -0.05) is 25.5 Å². The van der Waals surface area contributed by atoms with E-state index in [1.807, 2.05) is 0 Å². The summed E-state index contributed by atoms with van der Waals surface area (Å²) >= 11 is 0. The Balaban J connectivity index is 1.68. The van der Waals surface area contributed by atoms with Crippen molar-refractivity contribution in [1.82, 2.24) is 10.2 Å². The number of hydrogen-bond acceptors (Lipinski definition) is 2. The topological polar surface area (TPSA) is 15.3 Å². The number of nitrogens with one attached hydrogen (secondary N) is 1. The van der Waals surface area contributed by atoms with Gasteiger partial charge in [0.1, 0.15) is 0 Å². The average Bonchev–Trinajstić information content (AvgIpc) is 2.41. The standard InChI is InChI=1S/C16H30N2/c1-3-4-14(2)16-7-11-18(12-8-16)13-15-5-9-17-10-6-15/h15-17H,2-13H2,1H3. The molecule has 0 aromatic heterocycles. The van der Waals surface area contributed by atoms with Crippen LogP contribution in [0.25, 0.3) is 0 Å². The van der Waals surface area contributed by atoms with Gasteiger partial charge in [-0.2, -0.15) is 0 Å². The van der Waals surface area contributed by atoms with Crippen LogP contribution in [0, 0.1) is 11.8 Å². The summed E-state index contributed by atoms with van der Waals surface area (Å²) < 4.78 is 0. The van der Waals surface area contributed by atoms with Crippen molar-refractivity contribution in [3.63, 3.8) is 0 Å². The first-order valence-electron chi connectivity index (χ1n) is 7.90. The van der Waals surface area contributed by atoms with E-state index in [9.17, 15) is 0 Å². The van der Waals surface area contributed by atoms with Crippen LogP contribution in [0.5, 0.6) is 0 Å². The van der Waals surface area contributed by atoms with E-state index in [4.69, 9.17) is 0 Å². The van der Waals surface area contributed by atoms with Crippen LogP contribution in [0.2, 0.25) is 0 Å². The Kier molecular flexibility index (Phi) is 5.71. The number of allylic oxidation sites excluding steroid dienone is 1. The molecule has 0 aromatic rings. The number of likely N-dealkylation sites (tertiary alicyclic amines) is 1. The van der Waals surface area contributed by atoms with E-state index in [2.05, 4.69) is 23.7 Å². The van der Waals surface area contributed by atoms with Gasteiger partial charge in [0.05, 0.1) is 0 Å². The van der Waals surface area contributed by atoms with Crippen molar-refractivity contribution in [1.29, 1.82) is 0 Å². The highest BCUT2D eigenvalue weighted by atomic mass is 15.1. The molecule has 0 aromatic carbocycles. The fourth-order valence-corrected chi connectivity index (χ4v) is 3.48. The van der Waals surface area contributed by atoms with Gasteiger partial charge in [0.2, 0.25) is 0 Å². The molecule has 0 radical (unpaired) electrons. The molecule has 2 nitrogen and oxygen atoms in total. The number of rotatable bonds is 5. The zero-order chi connectivity index (χ0) is 12.8. The molecule has 2 saturated heterocycles. The molecule has 0 atom stereocenters. The van der Waals surface area contributed by atoms with Crippen LogP contribution in [0.15, 0.2) is 12.2 Å². The molecule has 0 unspecified atom stereocenters. The lowest BCUT2D eigenvalue weighted by molar-refractivity contribution is 0.157. The van der Waals surface area contributed by atoms with E-state index in [-0.39, 0.29) is 0 Å². The van der Waals surface area contributed by atoms with Crippen molar-refractivity contribution < 1.29 is 0 Å². The molecule has 104 valence electrons. The maximum absolute atomic E-state index is 4.28. The van der Waals surface area contributed by atoms with Gasteiger partial charge in [0.25, 0.3) is 0 Å². The molecule has 0 amide bonds. The summed E-state index contributed by atoms with van der Waals surface area (Å²) in [5.74, 6) is 1.76. The molecule has 2 heterocycles. The summed E-state index contributed by atoms with van der Waals surface area (Å²) in [6.07, 6.45) is 7.95. The van der Waals surface area contributed by atoms with Crippen LogP contribution in [-0.4, -0.2) is 37.6 Å². The summed E-state index contributed by atoms with van der Waals surface area (Å²) in [4.78, 5) is 2.70. The lowest BCUT2D eigenvalue weighted by Gasteiger charge is -2.36. The second-order valence-electron chi connectivity index (χ2n) is 6.18. The fourth-order valence-electron chi connectivity index (χ4n) is 3.48. The Morgan fingerprint density at radius 2 is 1.83 bits per heavy atom. The zero-order valence-electron chi connectivity index (χ0n) is 12.1. The first-order chi connectivity index (χ1) is 8.79. The van der Waals surface area contributed by atoms with Crippen molar-refractivity contribution in [3.8, 4) is 0 Å². The largest absolute Gasteiger partial charge is 0.317 e. The van der Waals surface area contributed by atoms with Gasteiger partial charge in [0.15, 0.2) is 0 Å². The van der Waals surface area contributed by atoms with E-state index < -0.39 is 0 Å². The fraction of sp³-hybridized carbons (Fsp3) is 0.875. The third-order valence-corrected chi connectivity index (χ3v) is 4.71. The quantitative estimate of drug-likeness (QED) is 0.755. The highest BCUT2D eigenvalue weighted by Crippen LogP contribution is 2.27. The molecule has 18 heavy (non-hydrogen) atoms. The smallest absolute Gasteiger partial charge is 0.00106 e. The van der Waals surface area contributed by atoms with Crippen LogP contribution in [0.1, 0.15) is 45.4 Å². The monoisotopic (exact) mass is 250 g/mol. The molecule has 2 fully saturated rings. The molecule has 0 saturated carbocycles. The second kappa shape index (κ2) is 7.30. The molecule has 2 heteroatoms. The minimum absolute atomic E-state index is 0.814. The minimum Gasteiger partial charge on any atom is -0.317 e. The molecule has 0 spiro atoms. The summed E-state index contributed by atoms with van der Waals surface area (Å²) in [7, 11) is 0. The van der Waals surface area contributed by atoms with Gasteiger partial charge < -0.3 is 10.2 Å². The van der Waals surface area contributed by atoms with Crippen molar-refractivity contribution in [3.05, 3.63) is 12.2 Å². The maximum atomic E-state index is 4.28. The predicted octanol–water partition coefficient (Wildman–Crippen LogP) is 3.05. The number of nitrogens with zero attached hydrogens (tertiary/aromatic N) is 1. The van der Waals surface area contributed by atoms with Gasteiger partial charge in [-0.15, -0.1) is 0 Å². The normalized spacial score (nSPS) is 24.3. The highest BCUT2D eigenvalue weighted by Gasteiger charge is 2.23. The van der Waals surface area contributed by atoms with Gasteiger partial charge in [-0.3, -0.25) is 0 Å². The first kappa shape index (κ1) is 14.1. The molecular formula is C16H30N2. The third-order valence-electron chi connectivity index (χ3n) is 4.71. The van der Waals surface area contributed by atoms with E-state index in [1.165, 1.54) is 76.8 Å². The second-order valence-corrected chi connectivity index (χ2v) is 6.18. The van der Waals surface area contributed by atoms with E-state index >= 15 is 0 Å². The average molecular weight is 250 g/mol. The molecular weight excluding hydrogens is 220 g/mol. The lowest BCUT2D eigenvalue weighted by Crippen LogP contribution is -2.40. The third kappa shape index (κ3) is 4.10. The Morgan fingerprint density at radius 3 is 2.44 bits per heavy atom. The molecule has 0 aliphatic carbocycles. The van der Waals surface area contributed by atoms with Gasteiger partial charge >= 0.3 is 0 Å². The molecule has 2 aliphatic rings. The summed E-state index contributed by atoms with van der Waals surface area (Å²) in [6.45, 7) is 13.0. The van der Waals surface area contributed by atoms with Crippen molar-refractivity contribution in [2.75, 3.05) is 32.7 Å². The van der Waals surface area contributed by atoms with E-state index in [0.29, 0.717) is 0 Å². The van der Waals surface area contributed by atoms with Crippen molar-refractivity contribution in [2.24, 2.45) is 11.8 Å². The molecule has 1 N–H and O–H groups in total. The first-order valence-corrected chi connectivity index (χ1v) is 7.90. The number of piperidine rings is 2.